The van der Waals surface area contributed by atoms with Crippen molar-refractivity contribution in [2.75, 3.05) is 44.7 Å². The molecule has 5 heterocycles. The van der Waals surface area contributed by atoms with Gasteiger partial charge >= 0.3 is 5.97 Å². The summed E-state index contributed by atoms with van der Waals surface area (Å²) in [5.74, 6) is 0.448. The number of thiophene rings is 1. The lowest BCUT2D eigenvalue weighted by Gasteiger charge is -2.33. The van der Waals surface area contributed by atoms with Gasteiger partial charge in [-0.15, -0.1) is 11.3 Å². The number of anilines is 1. The zero-order valence-corrected chi connectivity index (χ0v) is 24.9. The van der Waals surface area contributed by atoms with Gasteiger partial charge in [-0.2, -0.15) is 5.26 Å². The highest BCUT2D eigenvalue weighted by molar-refractivity contribution is 7.18. The Labute approximate surface area is 255 Å². The van der Waals surface area contributed by atoms with Gasteiger partial charge in [-0.3, -0.25) is 14.3 Å². The number of piperazine rings is 1. The Hall–Kier alpha value is -4.57. The van der Waals surface area contributed by atoms with Crippen molar-refractivity contribution in [3.05, 3.63) is 74.4 Å². The number of hydrogen-bond acceptors (Lipinski definition) is 10. The zero-order chi connectivity index (χ0) is 30.2. The van der Waals surface area contributed by atoms with Crippen molar-refractivity contribution in [2.24, 2.45) is 0 Å². The van der Waals surface area contributed by atoms with E-state index in [1.54, 1.807) is 49.0 Å². The van der Waals surface area contributed by atoms with Gasteiger partial charge in [0, 0.05) is 53.9 Å². The third kappa shape index (κ3) is 5.27. The van der Waals surface area contributed by atoms with Gasteiger partial charge in [-0.05, 0) is 38.2 Å². The standard InChI is InChI=1S/C30H26ClN7O4S/c1-17-35-23-15-34-28(37-9-7-36(2)8-10-37)21(14-32)25(23)29(39)38(17)11-12-42-24-4-3-18(31)13-20(24)19-5-6-33-26-22(30(40)41)16-43-27(19)26/h3-6,13,15-16H,7-12H2,1-2H3,(H,40,41). The van der Waals surface area contributed by atoms with Crippen LogP contribution in [0.4, 0.5) is 5.82 Å². The molecule has 1 saturated heterocycles. The summed E-state index contributed by atoms with van der Waals surface area (Å²) in [6.45, 7) is 5.13. The highest BCUT2D eigenvalue weighted by Gasteiger charge is 2.23. The molecule has 5 aromatic rings. The molecule has 218 valence electrons. The van der Waals surface area contributed by atoms with Crippen LogP contribution in [0.1, 0.15) is 21.7 Å². The lowest BCUT2D eigenvalue weighted by atomic mass is 10.0. The number of carbonyl (C=O) groups is 1. The predicted octanol–water partition coefficient (Wildman–Crippen LogP) is 4.43. The van der Waals surface area contributed by atoms with E-state index in [1.807, 2.05) is 11.9 Å². The minimum atomic E-state index is -1.05. The number of ether oxygens (including phenoxy) is 1. The molecular formula is C30H26ClN7O4S. The number of aryl methyl sites for hydroxylation is 1. The number of carboxylic acids is 1. The van der Waals surface area contributed by atoms with Crippen molar-refractivity contribution >= 4 is 55.8 Å². The molecule has 11 nitrogen and oxygen atoms in total. The van der Waals surface area contributed by atoms with Crippen LogP contribution in [0.15, 0.2) is 46.8 Å². The van der Waals surface area contributed by atoms with E-state index in [0.717, 1.165) is 18.7 Å². The molecule has 0 radical (unpaired) electrons. The maximum atomic E-state index is 13.8. The fourth-order valence-corrected chi connectivity index (χ4v) is 6.52. The first kappa shape index (κ1) is 28.5. The Morgan fingerprint density at radius 3 is 2.72 bits per heavy atom. The molecule has 0 unspecified atom stereocenters. The first-order valence-corrected chi connectivity index (χ1v) is 14.8. The summed E-state index contributed by atoms with van der Waals surface area (Å²) in [6, 6.07) is 9.21. The van der Waals surface area contributed by atoms with Crippen LogP contribution in [0, 0.1) is 18.3 Å². The van der Waals surface area contributed by atoms with Gasteiger partial charge in [0.05, 0.1) is 39.4 Å². The second-order valence-electron chi connectivity index (χ2n) is 10.2. The molecule has 1 aromatic carbocycles. The summed E-state index contributed by atoms with van der Waals surface area (Å²) in [5.41, 5.74) is 2.22. The summed E-state index contributed by atoms with van der Waals surface area (Å²) in [6.07, 6.45) is 3.12. The van der Waals surface area contributed by atoms with Crippen LogP contribution in [0.3, 0.4) is 0 Å². The molecule has 1 N–H and O–H groups in total. The number of nitriles is 1. The van der Waals surface area contributed by atoms with E-state index >= 15 is 0 Å². The van der Waals surface area contributed by atoms with Crippen molar-refractivity contribution in [1.82, 2.24) is 24.4 Å². The minimum Gasteiger partial charge on any atom is -0.491 e. The Balaban J connectivity index is 1.32. The SMILES string of the molecule is Cc1nc2cnc(N3CCN(C)CC3)c(C#N)c2c(=O)n1CCOc1ccc(Cl)cc1-c1ccnc2c(C(=O)O)csc12. The molecule has 43 heavy (non-hydrogen) atoms. The van der Waals surface area contributed by atoms with E-state index in [-0.39, 0.29) is 35.2 Å². The van der Waals surface area contributed by atoms with Crippen LogP contribution in [-0.2, 0) is 6.54 Å². The predicted molar refractivity (Wildman–Crippen MR) is 165 cm³/mol. The zero-order valence-electron chi connectivity index (χ0n) is 23.4. The van der Waals surface area contributed by atoms with Crippen LogP contribution >= 0.6 is 22.9 Å². The molecule has 13 heteroatoms. The summed E-state index contributed by atoms with van der Waals surface area (Å²) in [5, 5.41) is 22.0. The molecule has 6 rings (SSSR count). The van der Waals surface area contributed by atoms with Gasteiger partial charge in [0.1, 0.15) is 35.6 Å². The summed E-state index contributed by atoms with van der Waals surface area (Å²) in [7, 11) is 2.05. The van der Waals surface area contributed by atoms with E-state index in [1.165, 1.54) is 15.9 Å². The molecule has 0 bridgehead atoms. The molecule has 4 aromatic heterocycles. The van der Waals surface area contributed by atoms with Crippen LogP contribution in [-0.4, -0.2) is 75.3 Å². The quantitative estimate of drug-likeness (QED) is 0.280. The molecule has 0 saturated carbocycles. The molecule has 0 spiro atoms. The smallest absolute Gasteiger partial charge is 0.338 e. The van der Waals surface area contributed by atoms with E-state index < -0.39 is 5.97 Å². The summed E-state index contributed by atoms with van der Waals surface area (Å²) in [4.78, 5) is 43.1. The number of pyridine rings is 2. The number of benzene rings is 1. The number of rotatable bonds is 7. The van der Waals surface area contributed by atoms with E-state index in [4.69, 9.17) is 16.3 Å². The van der Waals surface area contributed by atoms with Crippen molar-refractivity contribution in [3.8, 4) is 22.9 Å². The molecule has 1 aliphatic heterocycles. The largest absolute Gasteiger partial charge is 0.491 e. The fraction of sp³-hybridized carbons (Fsp3) is 0.267. The Bertz CT molecular complexity index is 1990. The van der Waals surface area contributed by atoms with Gasteiger partial charge in [-0.25, -0.2) is 14.8 Å². The highest BCUT2D eigenvalue weighted by atomic mass is 35.5. The van der Waals surface area contributed by atoms with Crippen LogP contribution < -0.4 is 15.2 Å². The van der Waals surface area contributed by atoms with Gasteiger partial charge in [0.25, 0.3) is 5.56 Å². The number of halogens is 1. The Kier molecular flexibility index (Phi) is 7.70. The number of nitrogens with zero attached hydrogens (tertiary/aromatic N) is 7. The first-order chi connectivity index (χ1) is 20.8. The van der Waals surface area contributed by atoms with Crippen molar-refractivity contribution < 1.29 is 14.6 Å². The average Bonchev–Trinajstić information content (AvgIpc) is 3.44. The highest BCUT2D eigenvalue weighted by Crippen LogP contribution is 2.39. The lowest BCUT2D eigenvalue weighted by Crippen LogP contribution is -2.45. The molecule has 0 aliphatic carbocycles. The Morgan fingerprint density at radius 1 is 1.19 bits per heavy atom. The van der Waals surface area contributed by atoms with Gasteiger partial charge in [0.15, 0.2) is 0 Å². The monoisotopic (exact) mass is 615 g/mol. The summed E-state index contributed by atoms with van der Waals surface area (Å²) < 4.78 is 8.40. The molecule has 1 fully saturated rings. The van der Waals surface area contributed by atoms with Crippen LogP contribution in [0.2, 0.25) is 5.02 Å². The topological polar surface area (TPSA) is 137 Å². The van der Waals surface area contributed by atoms with Crippen LogP contribution in [0.25, 0.3) is 32.2 Å². The molecular weight excluding hydrogens is 590 g/mol. The molecule has 0 amide bonds. The minimum absolute atomic E-state index is 0.125. The second-order valence-corrected chi connectivity index (χ2v) is 11.5. The van der Waals surface area contributed by atoms with E-state index in [9.17, 15) is 20.0 Å². The first-order valence-electron chi connectivity index (χ1n) is 13.5. The molecule has 0 atom stereocenters. The van der Waals surface area contributed by atoms with Gasteiger partial charge < -0.3 is 19.6 Å². The van der Waals surface area contributed by atoms with E-state index in [0.29, 0.717) is 56.8 Å². The lowest BCUT2D eigenvalue weighted by molar-refractivity contribution is 0.0699. The number of likely N-dealkylation sites (N-methyl/N-ethyl adjacent to an activating group) is 1. The summed E-state index contributed by atoms with van der Waals surface area (Å²) >= 11 is 7.64. The number of carboxylic acid groups (broad SMARTS) is 1. The number of aromatic carboxylic acids is 1. The fourth-order valence-electron chi connectivity index (χ4n) is 5.32. The molecule has 1 aliphatic rings. The maximum absolute atomic E-state index is 13.8. The average molecular weight is 616 g/mol. The number of aromatic nitrogens is 4. The number of fused-ring (bicyclic) bond motifs is 2. The maximum Gasteiger partial charge on any atom is 0.338 e. The van der Waals surface area contributed by atoms with Crippen molar-refractivity contribution in [1.29, 1.82) is 5.26 Å². The van der Waals surface area contributed by atoms with Gasteiger partial charge in [0.2, 0.25) is 0 Å². The third-order valence-corrected chi connectivity index (χ3v) is 8.81. The third-order valence-electron chi connectivity index (χ3n) is 7.57. The Morgan fingerprint density at radius 2 is 1.98 bits per heavy atom. The van der Waals surface area contributed by atoms with Crippen molar-refractivity contribution in [3.63, 3.8) is 0 Å². The van der Waals surface area contributed by atoms with Crippen LogP contribution in [0.5, 0.6) is 5.75 Å². The van der Waals surface area contributed by atoms with Gasteiger partial charge in [-0.1, -0.05) is 11.6 Å². The van der Waals surface area contributed by atoms with E-state index in [2.05, 4.69) is 25.9 Å². The number of hydrogen-bond donors (Lipinski definition) is 1. The normalized spacial score (nSPS) is 13.9. The second kappa shape index (κ2) is 11.6. The van der Waals surface area contributed by atoms with Crippen molar-refractivity contribution in [2.45, 2.75) is 13.5 Å².